The van der Waals surface area contributed by atoms with Crippen molar-refractivity contribution in [2.45, 2.75) is 22.1 Å². The topological polar surface area (TPSA) is 99.2 Å². The number of esters is 2. The summed E-state index contributed by atoms with van der Waals surface area (Å²) in [5.74, 6) is -2.12. The smallest absolute Gasteiger partial charge is 0.376 e. The van der Waals surface area contributed by atoms with Gasteiger partial charge in [0.05, 0.1) is 24.4 Å². The van der Waals surface area contributed by atoms with E-state index in [2.05, 4.69) is 0 Å². The van der Waals surface area contributed by atoms with Gasteiger partial charge < -0.3 is 14.3 Å². The molecule has 0 aromatic heterocycles. The number of nitrogens with zero attached hydrogens (tertiary/aromatic N) is 1. The molecule has 0 bridgehead atoms. The van der Waals surface area contributed by atoms with Crippen molar-refractivity contribution in [2.24, 2.45) is 0 Å². The van der Waals surface area contributed by atoms with Gasteiger partial charge in [0, 0.05) is 6.54 Å². The predicted octanol–water partition coefficient (Wildman–Crippen LogP) is 1.98. The predicted molar refractivity (Wildman–Crippen MR) is 109 cm³/mol. The lowest BCUT2D eigenvalue weighted by atomic mass is 9.80. The summed E-state index contributed by atoms with van der Waals surface area (Å²) in [5.41, 5.74) is -1.27. The number of carbonyl (C=O) groups excluding carboxylic acids is 2. The molecule has 2 aliphatic rings. The van der Waals surface area contributed by atoms with E-state index in [9.17, 15) is 18.0 Å². The standard InChI is InChI=1S/C22H21NO7S/c1-28-20(24)18-19(21(25)29-2)30-23-14-13-17(22(18,23)15-9-5-3-6-10-15)31(26,27)16-11-7-4-8-12-16/h3-12,17H,13-14H2,1-2H3/t17-,22-/m0/s1. The highest BCUT2D eigenvalue weighted by Crippen LogP contribution is 2.54. The summed E-state index contributed by atoms with van der Waals surface area (Å²) in [5, 5.41) is 0.271. The molecule has 0 saturated carbocycles. The Morgan fingerprint density at radius 3 is 2.13 bits per heavy atom. The highest BCUT2D eigenvalue weighted by Gasteiger charge is 2.66. The molecule has 2 heterocycles. The Balaban J connectivity index is 2.04. The normalized spacial score (nSPS) is 23.2. The molecule has 2 atom stereocenters. The lowest BCUT2D eigenvalue weighted by molar-refractivity contribution is -0.162. The first kappa shape index (κ1) is 21.1. The van der Waals surface area contributed by atoms with Crippen LogP contribution >= 0.6 is 0 Å². The Kier molecular flexibility index (Phi) is 5.32. The number of methoxy groups -OCH3 is 2. The number of hydroxylamine groups is 2. The van der Waals surface area contributed by atoms with Crippen LogP contribution in [-0.4, -0.2) is 51.4 Å². The molecule has 1 fully saturated rings. The van der Waals surface area contributed by atoms with Gasteiger partial charge in [-0.05, 0) is 24.1 Å². The second-order valence-corrected chi connectivity index (χ2v) is 9.28. The third kappa shape index (κ3) is 3.03. The number of rotatable bonds is 5. The van der Waals surface area contributed by atoms with E-state index in [-0.39, 0.29) is 29.2 Å². The van der Waals surface area contributed by atoms with Gasteiger partial charge in [-0.3, -0.25) is 0 Å². The van der Waals surface area contributed by atoms with Gasteiger partial charge in [0.15, 0.2) is 9.84 Å². The van der Waals surface area contributed by atoms with Crippen molar-refractivity contribution in [2.75, 3.05) is 20.8 Å². The molecule has 2 aromatic rings. The van der Waals surface area contributed by atoms with Crippen molar-refractivity contribution >= 4 is 21.8 Å². The number of benzene rings is 2. The van der Waals surface area contributed by atoms with Crippen LogP contribution in [0.5, 0.6) is 0 Å². The first-order chi connectivity index (χ1) is 14.9. The van der Waals surface area contributed by atoms with Crippen LogP contribution in [0.4, 0.5) is 0 Å². The Labute approximate surface area is 179 Å². The molecular weight excluding hydrogens is 422 g/mol. The molecule has 0 amide bonds. The average molecular weight is 443 g/mol. The number of ether oxygens (including phenoxy) is 2. The number of sulfone groups is 1. The van der Waals surface area contributed by atoms with Crippen molar-refractivity contribution in [3.63, 3.8) is 0 Å². The van der Waals surface area contributed by atoms with Crippen LogP contribution in [0.15, 0.2) is 76.9 Å². The summed E-state index contributed by atoms with van der Waals surface area (Å²) in [4.78, 5) is 31.4. The van der Waals surface area contributed by atoms with Gasteiger partial charge in [0.2, 0.25) is 5.76 Å². The Bertz CT molecular complexity index is 1140. The lowest BCUT2D eigenvalue weighted by Crippen LogP contribution is -2.50. The number of hydrogen-bond donors (Lipinski definition) is 0. The van der Waals surface area contributed by atoms with E-state index >= 15 is 0 Å². The maximum atomic E-state index is 13.8. The van der Waals surface area contributed by atoms with Gasteiger partial charge in [0.1, 0.15) is 11.1 Å². The van der Waals surface area contributed by atoms with Crippen LogP contribution < -0.4 is 0 Å². The lowest BCUT2D eigenvalue weighted by Gasteiger charge is -2.36. The van der Waals surface area contributed by atoms with Gasteiger partial charge >= 0.3 is 11.9 Å². The summed E-state index contributed by atoms with van der Waals surface area (Å²) in [6, 6.07) is 16.7. The molecule has 0 aliphatic carbocycles. The Morgan fingerprint density at radius 1 is 0.968 bits per heavy atom. The molecule has 8 nitrogen and oxygen atoms in total. The van der Waals surface area contributed by atoms with Crippen LogP contribution in [-0.2, 0) is 39.3 Å². The Morgan fingerprint density at radius 2 is 1.55 bits per heavy atom. The molecule has 0 radical (unpaired) electrons. The third-order valence-electron chi connectivity index (χ3n) is 5.68. The maximum absolute atomic E-state index is 13.8. The molecule has 0 N–H and O–H groups in total. The maximum Gasteiger partial charge on any atom is 0.376 e. The third-order valence-corrected chi connectivity index (χ3v) is 7.94. The van der Waals surface area contributed by atoms with Crippen molar-refractivity contribution in [1.29, 1.82) is 0 Å². The zero-order valence-electron chi connectivity index (χ0n) is 17.0. The van der Waals surface area contributed by atoms with Gasteiger partial charge in [-0.25, -0.2) is 18.0 Å². The van der Waals surface area contributed by atoms with Crippen molar-refractivity contribution in [3.8, 4) is 0 Å². The zero-order chi connectivity index (χ0) is 22.2. The summed E-state index contributed by atoms with van der Waals surface area (Å²) in [6.07, 6.45) is 0.182. The Hall–Kier alpha value is -3.17. The molecule has 9 heteroatoms. The second kappa shape index (κ2) is 7.82. The number of carbonyl (C=O) groups is 2. The van der Waals surface area contributed by atoms with Crippen molar-refractivity contribution in [1.82, 2.24) is 5.06 Å². The molecule has 1 saturated heterocycles. The molecule has 162 valence electrons. The molecule has 31 heavy (non-hydrogen) atoms. The minimum Gasteiger partial charge on any atom is -0.465 e. The fourth-order valence-corrected chi connectivity index (χ4v) is 6.52. The van der Waals surface area contributed by atoms with Crippen LogP contribution in [0.1, 0.15) is 12.0 Å². The van der Waals surface area contributed by atoms with E-state index in [0.29, 0.717) is 5.56 Å². The quantitative estimate of drug-likeness (QED) is 0.647. The van der Waals surface area contributed by atoms with E-state index in [1.165, 1.54) is 24.3 Å². The second-order valence-electron chi connectivity index (χ2n) is 7.15. The summed E-state index contributed by atoms with van der Waals surface area (Å²) >= 11 is 0. The first-order valence-corrected chi connectivity index (χ1v) is 11.1. The molecule has 2 aliphatic heterocycles. The highest BCUT2D eigenvalue weighted by molar-refractivity contribution is 7.92. The molecule has 0 spiro atoms. The van der Waals surface area contributed by atoms with E-state index in [0.717, 1.165) is 7.11 Å². The van der Waals surface area contributed by atoms with Crippen molar-refractivity contribution < 1.29 is 32.3 Å². The van der Waals surface area contributed by atoms with E-state index in [4.69, 9.17) is 14.3 Å². The monoisotopic (exact) mass is 443 g/mol. The van der Waals surface area contributed by atoms with Crippen LogP contribution in [0.2, 0.25) is 0 Å². The van der Waals surface area contributed by atoms with Crippen molar-refractivity contribution in [3.05, 3.63) is 77.6 Å². The molecule has 0 unspecified atom stereocenters. The molecule has 4 rings (SSSR count). The van der Waals surface area contributed by atoms with Crippen LogP contribution in [0.3, 0.4) is 0 Å². The summed E-state index contributed by atoms with van der Waals surface area (Å²) in [7, 11) is -1.62. The molecular formula is C22H21NO7S. The van der Waals surface area contributed by atoms with Gasteiger partial charge in [-0.15, -0.1) is 5.06 Å². The fourth-order valence-electron chi connectivity index (χ4n) is 4.42. The van der Waals surface area contributed by atoms with E-state index < -0.39 is 32.6 Å². The van der Waals surface area contributed by atoms with E-state index in [1.807, 2.05) is 0 Å². The molecule has 2 aromatic carbocycles. The fraction of sp³-hybridized carbons (Fsp3) is 0.273. The van der Waals surface area contributed by atoms with Crippen LogP contribution in [0, 0.1) is 0 Å². The van der Waals surface area contributed by atoms with Gasteiger partial charge in [-0.1, -0.05) is 48.5 Å². The zero-order valence-corrected chi connectivity index (χ0v) is 17.8. The van der Waals surface area contributed by atoms with E-state index in [1.54, 1.807) is 48.5 Å². The summed E-state index contributed by atoms with van der Waals surface area (Å²) < 4.78 is 37.3. The van der Waals surface area contributed by atoms with Gasteiger partial charge in [0.25, 0.3) is 0 Å². The number of fused-ring (bicyclic) bond motifs is 1. The largest absolute Gasteiger partial charge is 0.465 e. The SMILES string of the molecule is COC(=O)C1=C(C(=O)OC)[C@]2(c3ccccc3)[C@@H](S(=O)(=O)c3ccccc3)CCN2O1. The van der Waals surface area contributed by atoms with Gasteiger partial charge in [-0.2, -0.15) is 0 Å². The van der Waals surface area contributed by atoms with Crippen LogP contribution in [0.25, 0.3) is 0 Å². The number of hydrogen-bond acceptors (Lipinski definition) is 8. The highest BCUT2D eigenvalue weighted by atomic mass is 32.2. The average Bonchev–Trinajstić information content (AvgIpc) is 3.34. The minimum atomic E-state index is -3.95. The summed E-state index contributed by atoms with van der Waals surface area (Å²) in [6.45, 7) is 0.173. The first-order valence-electron chi connectivity index (χ1n) is 9.60. The minimum absolute atomic E-state index is 0.118.